The van der Waals surface area contributed by atoms with Crippen LogP contribution in [0.25, 0.3) is 0 Å². The van der Waals surface area contributed by atoms with Gasteiger partial charge in [0.05, 0.1) is 6.61 Å². The van der Waals surface area contributed by atoms with E-state index in [1.165, 1.54) is 11.1 Å². The largest absolute Gasteiger partial charge is 0.370 e. The van der Waals surface area contributed by atoms with E-state index in [2.05, 4.69) is 40.0 Å². The predicted molar refractivity (Wildman–Crippen MR) is 78.8 cm³/mol. The summed E-state index contributed by atoms with van der Waals surface area (Å²) < 4.78 is 5.90. The molecule has 1 aliphatic rings. The first-order valence-electron chi connectivity index (χ1n) is 6.93. The number of benzene rings is 1. The fraction of sp³-hybridized carbons (Fsp3) is 0.312. The zero-order valence-electron chi connectivity index (χ0n) is 11.9. The highest BCUT2D eigenvalue weighted by Crippen LogP contribution is 2.27. The summed E-state index contributed by atoms with van der Waals surface area (Å²) in [5.41, 5.74) is 2.76. The van der Waals surface area contributed by atoms with Crippen molar-refractivity contribution in [3.63, 3.8) is 0 Å². The Labute approximate surface area is 123 Å². The molecule has 0 amide bonds. The lowest BCUT2D eigenvalue weighted by Crippen LogP contribution is -2.39. The summed E-state index contributed by atoms with van der Waals surface area (Å²) in [6.07, 6.45) is 3.16. The number of aromatic nitrogens is 2. The zero-order chi connectivity index (χ0) is 14.7. The molecule has 1 fully saturated rings. The van der Waals surface area contributed by atoms with Crippen LogP contribution in [0.3, 0.4) is 0 Å². The molecule has 1 aromatic carbocycles. The second kappa shape index (κ2) is 5.90. The van der Waals surface area contributed by atoms with Gasteiger partial charge in [-0.2, -0.15) is 5.26 Å². The number of hydrogen-bond acceptors (Lipinski definition) is 5. The van der Waals surface area contributed by atoms with E-state index in [1.54, 1.807) is 12.4 Å². The van der Waals surface area contributed by atoms with Gasteiger partial charge in [0.25, 0.3) is 0 Å². The molecule has 1 atom stereocenters. The Morgan fingerprint density at radius 2 is 2.10 bits per heavy atom. The third-order valence-corrected chi connectivity index (χ3v) is 3.69. The molecule has 0 radical (unpaired) electrons. The van der Waals surface area contributed by atoms with Gasteiger partial charge in [0.2, 0.25) is 0 Å². The van der Waals surface area contributed by atoms with Crippen molar-refractivity contribution in [2.24, 2.45) is 0 Å². The number of aryl methyl sites for hydroxylation is 1. The van der Waals surface area contributed by atoms with E-state index in [9.17, 15) is 0 Å². The molecule has 0 bridgehead atoms. The van der Waals surface area contributed by atoms with Crippen LogP contribution in [0.1, 0.15) is 22.9 Å². The van der Waals surface area contributed by atoms with E-state index in [0.717, 1.165) is 6.54 Å². The van der Waals surface area contributed by atoms with Crippen molar-refractivity contribution >= 4 is 5.82 Å². The highest BCUT2D eigenvalue weighted by molar-refractivity contribution is 5.50. The summed E-state index contributed by atoms with van der Waals surface area (Å²) in [6, 6.07) is 10.3. The molecule has 21 heavy (non-hydrogen) atoms. The van der Waals surface area contributed by atoms with E-state index >= 15 is 0 Å². The van der Waals surface area contributed by atoms with Gasteiger partial charge in [-0.25, -0.2) is 9.97 Å². The van der Waals surface area contributed by atoms with Crippen molar-refractivity contribution in [3.8, 4) is 6.07 Å². The molecule has 0 unspecified atom stereocenters. The van der Waals surface area contributed by atoms with Crippen LogP contribution in [0.5, 0.6) is 0 Å². The van der Waals surface area contributed by atoms with Crippen LogP contribution in [0.2, 0.25) is 0 Å². The Hall–Kier alpha value is -2.45. The molecular formula is C16H16N4O. The third kappa shape index (κ3) is 2.71. The number of rotatable bonds is 2. The number of nitriles is 1. The lowest BCUT2D eigenvalue weighted by molar-refractivity contribution is 0.0391. The summed E-state index contributed by atoms with van der Waals surface area (Å²) in [6.45, 7) is 4.09. The fourth-order valence-corrected chi connectivity index (χ4v) is 2.62. The Morgan fingerprint density at radius 1 is 1.29 bits per heavy atom. The van der Waals surface area contributed by atoms with Gasteiger partial charge in [0.15, 0.2) is 11.5 Å². The van der Waals surface area contributed by atoms with Crippen LogP contribution >= 0.6 is 0 Å². The maximum atomic E-state index is 9.17. The normalized spacial score (nSPS) is 18.3. The lowest BCUT2D eigenvalue weighted by atomic mass is 10.0. The predicted octanol–water partition coefficient (Wildman–Crippen LogP) is 2.23. The smallest absolute Gasteiger partial charge is 0.183 e. The first-order valence-corrected chi connectivity index (χ1v) is 6.93. The quantitative estimate of drug-likeness (QED) is 0.844. The second-order valence-electron chi connectivity index (χ2n) is 5.00. The van der Waals surface area contributed by atoms with Gasteiger partial charge in [-0.05, 0) is 18.1 Å². The van der Waals surface area contributed by atoms with Crippen LogP contribution in [0.4, 0.5) is 5.82 Å². The van der Waals surface area contributed by atoms with E-state index in [1.807, 2.05) is 12.1 Å². The van der Waals surface area contributed by atoms with Crippen molar-refractivity contribution in [1.82, 2.24) is 9.97 Å². The van der Waals surface area contributed by atoms with Crippen LogP contribution in [-0.2, 0) is 4.74 Å². The summed E-state index contributed by atoms with van der Waals surface area (Å²) in [5, 5.41) is 9.17. The average Bonchev–Trinajstić information content (AvgIpc) is 2.55. The van der Waals surface area contributed by atoms with Gasteiger partial charge < -0.3 is 9.64 Å². The van der Waals surface area contributed by atoms with E-state index < -0.39 is 0 Å². The second-order valence-corrected chi connectivity index (χ2v) is 5.00. The Balaban J connectivity index is 1.87. The molecule has 0 saturated carbocycles. The summed E-state index contributed by atoms with van der Waals surface area (Å²) in [5.74, 6) is 0.641. The highest BCUT2D eigenvalue weighted by atomic mass is 16.5. The van der Waals surface area contributed by atoms with Gasteiger partial charge in [0.1, 0.15) is 12.2 Å². The topological polar surface area (TPSA) is 62.0 Å². The maximum Gasteiger partial charge on any atom is 0.183 e. The van der Waals surface area contributed by atoms with Crippen LogP contribution in [0.15, 0.2) is 36.7 Å². The van der Waals surface area contributed by atoms with Crippen LogP contribution in [0, 0.1) is 18.3 Å². The molecule has 0 aliphatic carbocycles. The van der Waals surface area contributed by atoms with Crippen molar-refractivity contribution in [2.45, 2.75) is 13.0 Å². The highest BCUT2D eigenvalue weighted by Gasteiger charge is 2.25. The molecule has 0 spiro atoms. The Bertz CT molecular complexity index is 680. The standard InChI is InChI=1S/C16H16N4O/c1-12-4-2-3-5-13(12)15-11-20(8-9-21-15)16-14(10-17)18-6-7-19-16/h2-7,15H,8-9,11H2,1H3/t15-/m1/s1. The molecule has 1 saturated heterocycles. The van der Waals surface area contributed by atoms with Crippen LogP contribution in [-0.4, -0.2) is 29.7 Å². The van der Waals surface area contributed by atoms with Crippen molar-refractivity contribution in [2.75, 3.05) is 24.6 Å². The minimum absolute atomic E-state index is 0.00602. The van der Waals surface area contributed by atoms with Gasteiger partial charge in [-0.15, -0.1) is 0 Å². The van der Waals surface area contributed by atoms with Gasteiger partial charge in [0, 0.05) is 25.5 Å². The third-order valence-electron chi connectivity index (χ3n) is 3.69. The van der Waals surface area contributed by atoms with Gasteiger partial charge in [-0.1, -0.05) is 24.3 Å². The average molecular weight is 280 g/mol. The first-order chi connectivity index (χ1) is 10.3. The maximum absolute atomic E-state index is 9.17. The molecule has 0 N–H and O–H groups in total. The molecule has 1 aliphatic heterocycles. The molecule has 5 heteroatoms. The van der Waals surface area contributed by atoms with Crippen molar-refractivity contribution in [1.29, 1.82) is 5.26 Å². The Morgan fingerprint density at radius 3 is 2.90 bits per heavy atom. The van der Waals surface area contributed by atoms with Crippen molar-refractivity contribution < 1.29 is 4.74 Å². The summed E-state index contributed by atoms with van der Waals surface area (Å²) in [4.78, 5) is 10.5. The van der Waals surface area contributed by atoms with E-state index in [-0.39, 0.29) is 6.10 Å². The monoisotopic (exact) mass is 280 g/mol. The number of anilines is 1. The number of nitrogens with zero attached hydrogens (tertiary/aromatic N) is 4. The molecule has 3 rings (SSSR count). The summed E-state index contributed by atoms with van der Waals surface area (Å²) in [7, 11) is 0. The molecular weight excluding hydrogens is 264 g/mol. The number of ether oxygens (including phenoxy) is 1. The first kappa shape index (κ1) is 13.5. The van der Waals surface area contributed by atoms with E-state index in [0.29, 0.717) is 24.7 Å². The number of morpholine rings is 1. The molecule has 5 nitrogen and oxygen atoms in total. The van der Waals surface area contributed by atoms with Gasteiger partial charge >= 0.3 is 0 Å². The van der Waals surface area contributed by atoms with E-state index in [4.69, 9.17) is 10.00 Å². The summed E-state index contributed by atoms with van der Waals surface area (Å²) >= 11 is 0. The minimum atomic E-state index is -0.00602. The molecule has 106 valence electrons. The fourth-order valence-electron chi connectivity index (χ4n) is 2.62. The number of hydrogen-bond donors (Lipinski definition) is 0. The zero-order valence-corrected chi connectivity index (χ0v) is 11.9. The SMILES string of the molecule is Cc1ccccc1[C@H]1CN(c2nccnc2C#N)CCO1. The molecule has 2 aromatic rings. The van der Waals surface area contributed by atoms with Gasteiger partial charge in [-0.3, -0.25) is 0 Å². The minimum Gasteiger partial charge on any atom is -0.370 e. The lowest BCUT2D eigenvalue weighted by Gasteiger charge is -2.34. The Kier molecular flexibility index (Phi) is 3.80. The van der Waals surface area contributed by atoms with Crippen LogP contribution < -0.4 is 4.90 Å². The molecule has 2 heterocycles. The van der Waals surface area contributed by atoms with Crippen molar-refractivity contribution in [3.05, 3.63) is 53.5 Å². The molecule has 1 aromatic heterocycles.